The van der Waals surface area contributed by atoms with Gasteiger partial charge in [0.05, 0.1) is 16.8 Å². The molecule has 1 atom stereocenters. The number of amides is 1. The van der Waals surface area contributed by atoms with Crippen LogP contribution in [0.1, 0.15) is 39.5 Å². The molecule has 1 saturated heterocycles. The van der Waals surface area contributed by atoms with E-state index < -0.39 is 41.0 Å². The zero-order valence-corrected chi connectivity index (χ0v) is 23.6. The number of carbonyl (C=O) groups excluding carboxylic acids is 1. The van der Waals surface area contributed by atoms with Crippen LogP contribution in [0.5, 0.6) is 0 Å². The minimum Gasteiger partial charge on any atom is -0.391 e. The second-order valence-electron chi connectivity index (χ2n) is 10.7. The summed E-state index contributed by atoms with van der Waals surface area (Å²) in [6.45, 7) is 3.17. The van der Waals surface area contributed by atoms with Crippen molar-refractivity contribution in [2.45, 2.75) is 38.3 Å². The van der Waals surface area contributed by atoms with Crippen LogP contribution in [0, 0.1) is 0 Å². The lowest BCUT2D eigenvalue weighted by Gasteiger charge is -2.41. The maximum atomic E-state index is 13.7. The minimum atomic E-state index is -5.06. The van der Waals surface area contributed by atoms with E-state index in [0.717, 1.165) is 22.0 Å². The second kappa shape index (κ2) is 12.7. The Morgan fingerprint density at radius 3 is 2.36 bits per heavy atom. The fraction of sp³-hybridized carbons (Fsp3) is 0.323. The van der Waals surface area contributed by atoms with Crippen LogP contribution in [-0.4, -0.2) is 63.6 Å². The van der Waals surface area contributed by atoms with E-state index in [0.29, 0.717) is 43.9 Å². The van der Waals surface area contributed by atoms with Crippen molar-refractivity contribution in [3.8, 4) is 0 Å². The number of alkyl halides is 6. The molecule has 0 unspecified atom stereocenters. The highest BCUT2D eigenvalue weighted by Gasteiger charge is 2.39. The topological polar surface area (TPSA) is 73.8 Å². The molecule has 0 bridgehead atoms. The number of fused-ring (bicyclic) bond motifs is 1. The maximum absolute atomic E-state index is 13.7. The average Bonchev–Trinajstić information content (AvgIpc) is 3.39. The van der Waals surface area contributed by atoms with Crippen LogP contribution in [0.25, 0.3) is 10.9 Å². The quantitative estimate of drug-likeness (QED) is 0.138. The van der Waals surface area contributed by atoms with Crippen LogP contribution in [0.15, 0.2) is 78.3 Å². The highest BCUT2D eigenvalue weighted by Crippen LogP contribution is 2.37. The molecular formula is C31H29F6N5O2. The fourth-order valence-corrected chi connectivity index (χ4v) is 5.35. The summed E-state index contributed by atoms with van der Waals surface area (Å²) < 4.78 is 81.3. The van der Waals surface area contributed by atoms with Gasteiger partial charge in [0, 0.05) is 67.3 Å². The number of oxime groups is 1. The first-order chi connectivity index (χ1) is 20.9. The number of carbonyl (C=O) groups is 1. The van der Waals surface area contributed by atoms with Crippen LogP contribution in [0.4, 0.5) is 26.3 Å². The van der Waals surface area contributed by atoms with Gasteiger partial charge in [-0.15, -0.1) is 0 Å². The Labute approximate surface area is 249 Å². The average molecular weight is 618 g/mol. The van der Waals surface area contributed by atoms with Crippen molar-refractivity contribution in [3.05, 3.63) is 101 Å². The van der Waals surface area contributed by atoms with Crippen molar-refractivity contribution >= 4 is 22.5 Å². The zero-order valence-electron chi connectivity index (χ0n) is 23.6. The molecule has 4 aromatic rings. The number of pyridine rings is 1. The molecular weight excluding hydrogens is 588 g/mol. The summed E-state index contributed by atoms with van der Waals surface area (Å²) >= 11 is 0. The monoisotopic (exact) mass is 617 g/mol. The molecule has 1 fully saturated rings. The molecule has 7 nitrogen and oxygen atoms in total. The lowest BCUT2D eigenvalue weighted by atomic mass is 9.98. The summed E-state index contributed by atoms with van der Waals surface area (Å²) in [5, 5.41) is 5.09. The van der Waals surface area contributed by atoms with Crippen molar-refractivity contribution in [1.29, 1.82) is 0 Å². The van der Waals surface area contributed by atoms with E-state index >= 15 is 0 Å². The predicted octanol–water partition coefficient (Wildman–Crippen LogP) is 6.56. The third-order valence-electron chi connectivity index (χ3n) is 7.45. The standard InChI is InChI=1S/C31H29F6N5O2/c1-20(40-44-19-21-6-8-38-9-7-21)17-41-10-11-42(26(18-41)14-23-16-39-28-5-3-2-4-27(23)28)29(43)22-12-24(30(32,33)34)15-25(13-22)31(35,36)37/h2-9,12-13,15-16,26,39H,10-11,14,17-19H2,1H3/t26-/m1/s1. The van der Waals surface area contributed by atoms with Gasteiger partial charge in [-0.3, -0.25) is 14.7 Å². The molecule has 0 saturated carbocycles. The number of halogens is 6. The van der Waals surface area contributed by atoms with E-state index in [9.17, 15) is 31.1 Å². The third-order valence-corrected chi connectivity index (χ3v) is 7.45. The largest absolute Gasteiger partial charge is 0.416 e. The molecule has 2 aromatic heterocycles. The molecule has 1 amide bonds. The number of H-pyrrole nitrogens is 1. The number of benzene rings is 2. The second-order valence-corrected chi connectivity index (χ2v) is 10.7. The molecule has 0 radical (unpaired) electrons. The Morgan fingerprint density at radius 2 is 1.68 bits per heavy atom. The summed E-state index contributed by atoms with van der Waals surface area (Å²) in [6, 6.07) is 11.6. The van der Waals surface area contributed by atoms with Crippen LogP contribution >= 0.6 is 0 Å². The van der Waals surface area contributed by atoms with Crippen LogP contribution in [-0.2, 0) is 30.2 Å². The Hall–Kier alpha value is -4.39. The van der Waals surface area contributed by atoms with E-state index in [2.05, 4.69) is 15.1 Å². The van der Waals surface area contributed by atoms with E-state index in [-0.39, 0.29) is 19.2 Å². The molecule has 2 aromatic carbocycles. The van der Waals surface area contributed by atoms with Gasteiger partial charge in [0.2, 0.25) is 0 Å². The third kappa shape index (κ3) is 7.39. The van der Waals surface area contributed by atoms with Gasteiger partial charge in [-0.05, 0) is 60.9 Å². The first-order valence-electron chi connectivity index (χ1n) is 13.8. The fourth-order valence-electron chi connectivity index (χ4n) is 5.35. The Kier molecular flexibility index (Phi) is 8.95. The van der Waals surface area contributed by atoms with Gasteiger partial charge in [0.25, 0.3) is 5.91 Å². The Balaban J connectivity index is 1.39. The van der Waals surface area contributed by atoms with E-state index in [1.54, 1.807) is 37.6 Å². The van der Waals surface area contributed by atoms with Gasteiger partial charge in [0.1, 0.15) is 6.61 Å². The summed E-state index contributed by atoms with van der Waals surface area (Å²) in [6.07, 6.45) is -4.70. The first-order valence-corrected chi connectivity index (χ1v) is 13.8. The molecule has 1 N–H and O–H groups in total. The number of hydrogen-bond acceptors (Lipinski definition) is 5. The smallest absolute Gasteiger partial charge is 0.391 e. The lowest BCUT2D eigenvalue weighted by Crippen LogP contribution is -2.56. The highest BCUT2D eigenvalue weighted by molar-refractivity contribution is 5.95. The molecule has 232 valence electrons. The van der Waals surface area contributed by atoms with Gasteiger partial charge in [-0.2, -0.15) is 26.3 Å². The molecule has 3 heterocycles. The number of hydrogen-bond donors (Lipinski definition) is 1. The predicted molar refractivity (Wildman–Crippen MR) is 152 cm³/mol. The number of aromatic amines is 1. The summed E-state index contributed by atoms with van der Waals surface area (Å²) in [7, 11) is 0. The Bertz CT molecular complexity index is 1600. The van der Waals surface area contributed by atoms with Gasteiger partial charge in [-0.25, -0.2) is 0 Å². The van der Waals surface area contributed by atoms with Crippen LogP contribution < -0.4 is 0 Å². The van der Waals surface area contributed by atoms with Gasteiger partial charge >= 0.3 is 12.4 Å². The molecule has 0 aliphatic carbocycles. The van der Waals surface area contributed by atoms with Gasteiger partial charge in [0.15, 0.2) is 0 Å². The number of para-hydroxylation sites is 1. The lowest BCUT2D eigenvalue weighted by molar-refractivity contribution is -0.143. The normalized spacial score (nSPS) is 16.8. The van der Waals surface area contributed by atoms with Crippen LogP contribution in [0.2, 0.25) is 0 Å². The molecule has 0 spiro atoms. The molecule has 1 aliphatic rings. The van der Waals surface area contributed by atoms with Gasteiger partial charge in [-0.1, -0.05) is 23.4 Å². The zero-order chi connectivity index (χ0) is 31.5. The number of nitrogens with one attached hydrogen (secondary N) is 1. The van der Waals surface area contributed by atoms with Crippen molar-refractivity contribution in [2.75, 3.05) is 26.2 Å². The summed E-state index contributed by atoms with van der Waals surface area (Å²) in [4.78, 5) is 29.7. The van der Waals surface area contributed by atoms with E-state index in [4.69, 9.17) is 4.84 Å². The first kappa shape index (κ1) is 31.0. The molecule has 5 rings (SSSR count). The summed E-state index contributed by atoms with van der Waals surface area (Å²) in [5.41, 5.74) is -0.413. The maximum Gasteiger partial charge on any atom is 0.416 e. The molecule has 44 heavy (non-hydrogen) atoms. The number of rotatable bonds is 8. The summed E-state index contributed by atoms with van der Waals surface area (Å²) in [5.74, 6) is -0.892. The minimum absolute atomic E-state index is 0.0248. The Morgan fingerprint density at radius 1 is 1.00 bits per heavy atom. The highest BCUT2D eigenvalue weighted by atomic mass is 19.4. The van der Waals surface area contributed by atoms with E-state index in [1.807, 2.05) is 29.2 Å². The number of nitrogens with zero attached hydrogens (tertiary/aromatic N) is 4. The van der Waals surface area contributed by atoms with Crippen LogP contribution in [0.3, 0.4) is 0 Å². The van der Waals surface area contributed by atoms with Crippen molar-refractivity contribution in [1.82, 2.24) is 19.8 Å². The SMILES string of the molecule is CC(CN1CCN(C(=O)c2cc(C(F)(F)F)cc(C(F)(F)F)c2)[C@H](Cc2c[nH]c3ccccc23)C1)=NOCc1ccncc1. The molecule has 1 aliphatic heterocycles. The number of aromatic nitrogens is 2. The van der Waals surface area contributed by atoms with Crippen molar-refractivity contribution in [2.24, 2.45) is 5.16 Å². The molecule has 13 heteroatoms. The number of piperazine rings is 1. The van der Waals surface area contributed by atoms with Gasteiger partial charge < -0.3 is 14.7 Å². The van der Waals surface area contributed by atoms with E-state index in [1.165, 1.54) is 4.90 Å². The van der Waals surface area contributed by atoms with Crippen molar-refractivity contribution < 1.29 is 36.0 Å². The van der Waals surface area contributed by atoms with Crippen molar-refractivity contribution in [3.63, 3.8) is 0 Å².